The average molecular weight is 234 g/mol. The fraction of sp³-hybridized carbons (Fsp3) is 0.273. The number of carbonyl (C=O) groups excluding carboxylic acids is 1. The first-order chi connectivity index (χ1) is 8.15. The number of anilines is 1. The topological polar surface area (TPSA) is 72.1 Å². The lowest BCUT2D eigenvalue weighted by Gasteiger charge is -2.06. The molecule has 0 radical (unpaired) electrons. The van der Waals surface area contributed by atoms with Gasteiger partial charge in [0.1, 0.15) is 5.82 Å². The number of nitrogens with zero attached hydrogens (tertiary/aromatic N) is 2. The molecule has 0 aliphatic carbocycles. The maximum atomic E-state index is 11.6. The molecule has 17 heavy (non-hydrogen) atoms. The van der Waals surface area contributed by atoms with Gasteiger partial charge in [-0.3, -0.25) is 10.00 Å². The van der Waals surface area contributed by atoms with E-state index in [-0.39, 0.29) is 6.03 Å². The Labute approximate surface area is 98.6 Å². The molecule has 2 amide bonds. The van der Waals surface area contributed by atoms with Crippen molar-refractivity contribution in [2.24, 2.45) is 7.05 Å². The summed E-state index contributed by atoms with van der Waals surface area (Å²) < 4.78 is 6.52. The summed E-state index contributed by atoms with van der Waals surface area (Å²) in [5, 5.41) is 9.57. The van der Waals surface area contributed by atoms with Gasteiger partial charge in [-0.2, -0.15) is 5.10 Å². The Morgan fingerprint density at radius 3 is 3.00 bits per heavy atom. The lowest BCUT2D eigenvalue weighted by atomic mass is 10.3. The van der Waals surface area contributed by atoms with E-state index in [1.165, 1.54) is 0 Å². The van der Waals surface area contributed by atoms with Crippen molar-refractivity contribution in [2.75, 3.05) is 5.32 Å². The summed E-state index contributed by atoms with van der Waals surface area (Å²) >= 11 is 0. The number of nitrogens with one attached hydrogen (secondary N) is 2. The zero-order chi connectivity index (χ0) is 12.3. The quantitative estimate of drug-likeness (QED) is 0.848. The molecule has 0 aliphatic rings. The predicted octanol–water partition coefficient (Wildman–Crippen LogP) is 1.64. The van der Waals surface area contributed by atoms with Crippen molar-refractivity contribution in [3.05, 3.63) is 35.9 Å². The zero-order valence-electron chi connectivity index (χ0n) is 9.73. The highest BCUT2D eigenvalue weighted by molar-refractivity contribution is 5.88. The van der Waals surface area contributed by atoms with Crippen molar-refractivity contribution in [1.29, 1.82) is 0 Å². The molecule has 0 saturated carbocycles. The van der Waals surface area contributed by atoms with E-state index in [2.05, 4.69) is 15.7 Å². The van der Waals surface area contributed by atoms with E-state index in [0.717, 1.165) is 11.3 Å². The molecular formula is C11H14N4O2. The molecule has 2 rings (SSSR count). The normalized spacial score (nSPS) is 10.2. The van der Waals surface area contributed by atoms with E-state index in [1.807, 2.05) is 6.92 Å². The molecule has 0 unspecified atom stereocenters. The van der Waals surface area contributed by atoms with Crippen LogP contribution in [0.5, 0.6) is 0 Å². The van der Waals surface area contributed by atoms with Crippen LogP contribution in [0.2, 0.25) is 0 Å². The number of urea groups is 1. The van der Waals surface area contributed by atoms with Crippen LogP contribution in [-0.2, 0) is 13.6 Å². The first-order valence-corrected chi connectivity index (χ1v) is 5.22. The molecule has 0 atom stereocenters. The van der Waals surface area contributed by atoms with Crippen LogP contribution in [0.4, 0.5) is 10.6 Å². The monoisotopic (exact) mass is 234 g/mol. The van der Waals surface area contributed by atoms with Gasteiger partial charge in [0, 0.05) is 25.2 Å². The summed E-state index contributed by atoms with van der Waals surface area (Å²) in [5.41, 5.74) is 1.78. The standard InChI is InChI=1S/C11H14N4O2/c1-8-5-10(15(2)14-8)13-11(16)12-6-9-3-4-17-7-9/h3-5,7H,6H2,1-2H3,(H2,12,13,16). The Balaban J connectivity index is 1.87. The Hall–Kier alpha value is -2.24. The van der Waals surface area contributed by atoms with Gasteiger partial charge in [0.2, 0.25) is 0 Å². The fourth-order valence-electron chi connectivity index (χ4n) is 1.46. The zero-order valence-corrected chi connectivity index (χ0v) is 9.73. The molecule has 0 saturated heterocycles. The van der Waals surface area contributed by atoms with Crippen molar-refractivity contribution in [1.82, 2.24) is 15.1 Å². The third-order valence-electron chi connectivity index (χ3n) is 2.28. The van der Waals surface area contributed by atoms with E-state index >= 15 is 0 Å². The fourth-order valence-corrected chi connectivity index (χ4v) is 1.46. The van der Waals surface area contributed by atoms with Gasteiger partial charge in [-0.05, 0) is 13.0 Å². The first-order valence-electron chi connectivity index (χ1n) is 5.22. The molecule has 0 aliphatic heterocycles. The van der Waals surface area contributed by atoms with Gasteiger partial charge in [-0.25, -0.2) is 4.79 Å². The molecule has 2 aromatic heterocycles. The molecule has 90 valence electrons. The van der Waals surface area contributed by atoms with Gasteiger partial charge >= 0.3 is 6.03 Å². The number of furan rings is 1. The molecular weight excluding hydrogens is 220 g/mol. The summed E-state index contributed by atoms with van der Waals surface area (Å²) in [5.74, 6) is 0.659. The van der Waals surface area contributed by atoms with E-state index in [1.54, 1.807) is 36.4 Å². The number of rotatable bonds is 3. The van der Waals surface area contributed by atoms with Gasteiger partial charge in [0.05, 0.1) is 18.2 Å². The molecule has 2 N–H and O–H groups in total. The van der Waals surface area contributed by atoms with Crippen LogP contribution in [-0.4, -0.2) is 15.8 Å². The Morgan fingerprint density at radius 1 is 1.59 bits per heavy atom. The van der Waals surface area contributed by atoms with Crippen LogP contribution in [0.3, 0.4) is 0 Å². The third kappa shape index (κ3) is 2.87. The number of amides is 2. The Kier molecular flexibility index (Phi) is 3.13. The Morgan fingerprint density at radius 2 is 2.41 bits per heavy atom. The van der Waals surface area contributed by atoms with Crippen molar-refractivity contribution >= 4 is 11.8 Å². The van der Waals surface area contributed by atoms with Crippen LogP contribution < -0.4 is 10.6 Å². The molecule has 2 heterocycles. The predicted molar refractivity (Wildman–Crippen MR) is 62.5 cm³/mol. The second-order valence-electron chi connectivity index (χ2n) is 3.73. The first kappa shape index (κ1) is 11.3. The number of aryl methyl sites for hydroxylation is 2. The number of aromatic nitrogens is 2. The van der Waals surface area contributed by atoms with E-state index in [4.69, 9.17) is 4.42 Å². The SMILES string of the molecule is Cc1cc(NC(=O)NCc2ccoc2)n(C)n1. The summed E-state index contributed by atoms with van der Waals surface area (Å²) in [6.45, 7) is 2.30. The van der Waals surface area contributed by atoms with Crippen LogP contribution in [0.1, 0.15) is 11.3 Å². The molecule has 0 spiro atoms. The van der Waals surface area contributed by atoms with Gasteiger partial charge in [0.25, 0.3) is 0 Å². The maximum absolute atomic E-state index is 11.6. The van der Waals surface area contributed by atoms with Gasteiger partial charge < -0.3 is 9.73 Å². The summed E-state index contributed by atoms with van der Waals surface area (Å²) in [6, 6.07) is 3.33. The summed E-state index contributed by atoms with van der Waals surface area (Å²) in [7, 11) is 1.78. The molecule has 0 fully saturated rings. The van der Waals surface area contributed by atoms with Crippen LogP contribution in [0.25, 0.3) is 0 Å². The van der Waals surface area contributed by atoms with Crippen molar-refractivity contribution in [3.63, 3.8) is 0 Å². The molecule has 6 heteroatoms. The molecule has 0 bridgehead atoms. The Bertz CT molecular complexity index is 502. The summed E-state index contributed by atoms with van der Waals surface area (Å²) in [6.07, 6.45) is 3.16. The highest BCUT2D eigenvalue weighted by atomic mass is 16.3. The number of hydrogen-bond donors (Lipinski definition) is 2. The van der Waals surface area contributed by atoms with E-state index in [0.29, 0.717) is 12.4 Å². The van der Waals surface area contributed by atoms with Crippen molar-refractivity contribution in [3.8, 4) is 0 Å². The minimum absolute atomic E-state index is 0.269. The summed E-state index contributed by atoms with van der Waals surface area (Å²) in [4.78, 5) is 11.6. The number of carbonyl (C=O) groups is 1. The van der Waals surface area contributed by atoms with Crippen molar-refractivity contribution < 1.29 is 9.21 Å². The van der Waals surface area contributed by atoms with E-state index < -0.39 is 0 Å². The largest absolute Gasteiger partial charge is 0.472 e. The van der Waals surface area contributed by atoms with Crippen LogP contribution in [0.15, 0.2) is 29.1 Å². The minimum Gasteiger partial charge on any atom is -0.472 e. The van der Waals surface area contributed by atoms with Crippen molar-refractivity contribution in [2.45, 2.75) is 13.5 Å². The maximum Gasteiger partial charge on any atom is 0.320 e. The highest BCUT2D eigenvalue weighted by Crippen LogP contribution is 2.07. The van der Waals surface area contributed by atoms with Gasteiger partial charge in [0.15, 0.2) is 0 Å². The second kappa shape index (κ2) is 4.73. The third-order valence-corrected chi connectivity index (χ3v) is 2.28. The lowest BCUT2D eigenvalue weighted by molar-refractivity contribution is 0.251. The molecule has 2 aromatic rings. The highest BCUT2D eigenvalue weighted by Gasteiger charge is 2.06. The molecule has 6 nitrogen and oxygen atoms in total. The number of hydrogen-bond acceptors (Lipinski definition) is 3. The smallest absolute Gasteiger partial charge is 0.320 e. The van der Waals surface area contributed by atoms with Crippen LogP contribution >= 0.6 is 0 Å². The second-order valence-corrected chi connectivity index (χ2v) is 3.73. The van der Waals surface area contributed by atoms with E-state index in [9.17, 15) is 4.79 Å². The van der Waals surface area contributed by atoms with Gasteiger partial charge in [-0.1, -0.05) is 0 Å². The molecule has 0 aromatic carbocycles. The van der Waals surface area contributed by atoms with Crippen LogP contribution in [0, 0.1) is 6.92 Å². The lowest BCUT2D eigenvalue weighted by Crippen LogP contribution is -2.28. The minimum atomic E-state index is -0.269. The average Bonchev–Trinajstić information content (AvgIpc) is 2.87. The van der Waals surface area contributed by atoms with Gasteiger partial charge in [-0.15, -0.1) is 0 Å².